The number of esters is 1. The van der Waals surface area contributed by atoms with Gasteiger partial charge in [-0.25, -0.2) is 4.79 Å². The Balaban J connectivity index is 1.41. The van der Waals surface area contributed by atoms with Crippen LogP contribution in [0.4, 0.5) is 0 Å². The van der Waals surface area contributed by atoms with Crippen LogP contribution in [0.1, 0.15) is 45.9 Å². The molecule has 29 heavy (non-hydrogen) atoms. The lowest BCUT2D eigenvalue weighted by Gasteiger charge is -2.26. The predicted octanol–water partition coefficient (Wildman–Crippen LogP) is 3.60. The molecule has 0 radical (unpaired) electrons. The minimum atomic E-state index is -0.475. The van der Waals surface area contributed by atoms with Crippen molar-refractivity contribution in [1.29, 1.82) is 0 Å². The molecule has 1 atom stereocenters. The maximum atomic E-state index is 12.8. The Labute approximate surface area is 170 Å². The van der Waals surface area contributed by atoms with Crippen molar-refractivity contribution in [2.45, 2.75) is 32.7 Å². The molecule has 1 saturated heterocycles. The van der Waals surface area contributed by atoms with Gasteiger partial charge in [0.1, 0.15) is 13.2 Å². The molecule has 152 valence electrons. The van der Waals surface area contributed by atoms with E-state index < -0.39 is 5.97 Å². The van der Waals surface area contributed by atoms with Crippen molar-refractivity contribution in [2.75, 3.05) is 26.4 Å². The van der Waals surface area contributed by atoms with Gasteiger partial charge >= 0.3 is 5.97 Å². The molecule has 2 aromatic carbocycles. The number of rotatable bonds is 4. The zero-order valence-electron chi connectivity index (χ0n) is 16.8. The molecule has 6 nitrogen and oxygen atoms in total. The van der Waals surface area contributed by atoms with Gasteiger partial charge in [-0.15, -0.1) is 0 Å². The highest BCUT2D eigenvalue weighted by Gasteiger charge is 2.31. The fraction of sp³-hybridized carbons (Fsp3) is 0.391. The molecule has 2 aromatic rings. The molecule has 0 N–H and O–H groups in total. The molecular formula is C23H25NO5. The number of likely N-dealkylation sites (tertiary alicyclic amines) is 1. The summed E-state index contributed by atoms with van der Waals surface area (Å²) in [5.74, 6) is 0.795. The molecule has 4 rings (SSSR count). The van der Waals surface area contributed by atoms with Crippen LogP contribution >= 0.6 is 0 Å². The molecule has 0 saturated carbocycles. The summed E-state index contributed by atoms with van der Waals surface area (Å²) >= 11 is 0. The maximum absolute atomic E-state index is 12.8. The first-order valence-electron chi connectivity index (χ1n) is 9.96. The Morgan fingerprint density at radius 2 is 1.83 bits per heavy atom. The van der Waals surface area contributed by atoms with Crippen molar-refractivity contribution in [3.05, 3.63) is 58.7 Å². The first-order valence-corrected chi connectivity index (χ1v) is 9.96. The first-order chi connectivity index (χ1) is 14.0. The minimum absolute atomic E-state index is 0.0429. The minimum Gasteiger partial charge on any atom is -0.486 e. The number of aryl methyl sites for hydroxylation is 2. The van der Waals surface area contributed by atoms with Crippen LogP contribution in [-0.2, 0) is 9.53 Å². The normalized spacial score (nSPS) is 17.9. The van der Waals surface area contributed by atoms with Gasteiger partial charge in [0.05, 0.1) is 11.6 Å². The number of carbonyl (C=O) groups excluding carboxylic acids is 2. The molecule has 2 aliphatic heterocycles. The fourth-order valence-electron chi connectivity index (χ4n) is 3.84. The van der Waals surface area contributed by atoms with Gasteiger partial charge in [-0.2, -0.15) is 0 Å². The van der Waals surface area contributed by atoms with E-state index in [0.717, 1.165) is 35.3 Å². The van der Waals surface area contributed by atoms with Crippen LogP contribution in [0.3, 0.4) is 0 Å². The van der Waals surface area contributed by atoms with E-state index in [4.69, 9.17) is 14.2 Å². The molecular weight excluding hydrogens is 370 g/mol. The van der Waals surface area contributed by atoms with Crippen LogP contribution in [0, 0.1) is 13.8 Å². The molecule has 0 aliphatic carbocycles. The van der Waals surface area contributed by atoms with Gasteiger partial charge in [-0.05, 0) is 67.6 Å². The average molecular weight is 395 g/mol. The summed E-state index contributed by atoms with van der Waals surface area (Å²) in [6, 6.07) is 11.2. The Morgan fingerprint density at radius 1 is 1.03 bits per heavy atom. The predicted molar refractivity (Wildman–Crippen MR) is 107 cm³/mol. The summed E-state index contributed by atoms with van der Waals surface area (Å²) in [6.07, 6.45) is 1.78. The summed E-state index contributed by atoms with van der Waals surface area (Å²) in [6.45, 7) is 5.40. The van der Waals surface area contributed by atoms with Crippen molar-refractivity contribution >= 4 is 11.9 Å². The Hall–Kier alpha value is -3.02. The summed E-state index contributed by atoms with van der Waals surface area (Å²) < 4.78 is 16.5. The van der Waals surface area contributed by atoms with E-state index in [0.29, 0.717) is 31.1 Å². The SMILES string of the molecule is Cc1ccc(C(=O)OCC(=O)N2CCCC2c2ccc3c(c2)OCCO3)cc1C. The zero-order valence-corrected chi connectivity index (χ0v) is 16.8. The zero-order chi connectivity index (χ0) is 20.4. The topological polar surface area (TPSA) is 65.1 Å². The summed E-state index contributed by atoms with van der Waals surface area (Å²) in [5.41, 5.74) is 3.60. The average Bonchev–Trinajstić information content (AvgIpc) is 3.23. The quantitative estimate of drug-likeness (QED) is 0.740. The molecule has 1 unspecified atom stereocenters. The second-order valence-electron chi connectivity index (χ2n) is 7.52. The third-order valence-electron chi connectivity index (χ3n) is 5.59. The van der Waals surface area contributed by atoms with Gasteiger partial charge in [0, 0.05) is 6.54 Å². The number of hydrogen-bond donors (Lipinski definition) is 0. The van der Waals surface area contributed by atoms with E-state index in [2.05, 4.69) is 0 Å². The number of fused-ring (bicyclic) bond motifs is 1. The van der Waals surface area contributed by atoms with Crippen LogP contribution in [0.25, 0.3) is 0 Å². The van der Waals surface area contributed by atoms with E-state index >= 15 is 0 Å². The van der Waals surface area contributed by atoms with Crippen molar-refractivity contribution < 1.29 is 23.8 Å². The third-order valence-corrected chi connectivity index (χ3v) is 5.59. The van der Waals surface area contributed by atoms with E-state index in [1.807, 2.05) is 38.1 Å². The van der Waals surface area contributed by atoms with E-state index in [1.54, 1.807) is 17.0 Å². The van der Waals surface area contributed by atoms with Crippen LogP contribution in [0.15, 0.2) is 36.4 Å². The molecule has 2 heterocycles. The lowest BCUT2D eigenvalue weighted by Crippen LogP contribution is -2.34. The third kappa shape index (κ3) is 4.06. The highest BCUT2D eigenvalue weighted by Crippen LogP contribution is 2.38. The maximum Gasteiger partial charge on any atom is 0.338 e. The first kappa shape index (κ1) is 19.3. The van der Waals surface area contributed by atoms with Crippen molar-refractivity contribution in [1.82, 2.24) is 4.90 Å². The van der Waals surface area contributed by atoms with E-state index in [-0.39, 0.29) is 18.6 Å². The lowest BCUT2D eigenvalue weighted by molar-refractivity contribution is -0.135. The van der Waals surface area contributed by atoms with E-state index in [1.165, 1.54) is 0 Å². The van der Waals surface area contributed by atoms with Crippen molar-refractivity contribution in [3.63, 3.8) is 0 Å². The molecule has 0 aromatic heterocycles. The molecule has 6 heteroatoms. The second-order valence-corrected chi connectivity index (χ2v) is 7.52. The van der Waals surface area contributed by atoms with Gasteiger partial charge in [-0.3, -0.25) is 4.79 Å². The number of benzene rings is 2. The molecule has 2 aliphatic rings. The largest absolute Gasteiger partial charge is 0.486 e. The monoisotopic (exact) mass is 395 g/mol. The Kier molecular flexibility index (Phi) is 5.43. The molecule has 1 amide bonds. The molecule has 1 fully saturated rings. The van der Waals surface area contributed by atoms with Crippen LogP contribution in [0.2, 0.25) is 0 Å². The van der Waals surface area contributed by atoms with Crippen LogP contribution in [0.5, 0.6) is 11.5 Å². The number of hydrogen-bond acceptors (Lipinski definition) is 5. The molecule has 0 spiro atoms. The highest BCUT2D eigenvalue weighted by molar-refractivity contribution is 5.91. The van der Waals surface area contributed by atoms with Gasteiger partial charge in [0.2, 0.25) is 0 Å². The van der Waals surface area contributed by atoms with Gasteiger partial charge in [-0.1, -0.05) is 12.1 Å². The van der Waals surface area contributed by atoms with Crippen LogP contribution in [-0.4, -0.2) is 43.1 Å². The summed E-state index contributed by atoms with van der Waals surface area (Å²) in [5, 5.41) is 0. The number of nitrogens with zero attached hydrogens (tertiary/aromatic N) is 1. The number of amides is 1. The van der Waals surface area contributed by atoms with E-state index in [9.17, 15) is 9.59 Å². The Bertz CT molecular complexity index is 939. The molecule has 0 bridgehead atoms. The number of carbonyl (C=O) groups is 2. The fourth-order valence-corrected chi connectivity index (χ4v) is 3.84. The lowest BCUT2D eigenvalue weighted by atomic mass is 10.0. The van der Waals surface area contributed by atoms with Gasteiger partial charge < -0.3 is 19.1 Å². The standard InChI is InChI=1S/C23H25NO5/c1-15-5-6-18(12-16(15)2)23(26)29-14-22(25)24-9-3-4-19(24)17-7-8-20-21(13-17)28-11-10-27-20/h5-8,12-13,19H,3-4,9-11,14H2,1-2H3. The van der Waals surface area contributed by atoms with Crippen molar-refractivity contribution in [3.8, 4) is 11.5 Å². The summed E-state index contributed by atoms with van der Waals surface area (Å²) in [7, 11) is 0. The highest BCUT2D eigenvalue weighted by atomic mass is 16.6. The smallest absolute Gasteiger partial charge is 0.338 e. The van der Waals surface area contributed by atoms with Crippen molar-refractivity contribution in [2.24, 2.45) is 0 Å². The van der Waals surface area contributed by atoms with Crippen LogP contribution < -0.4 is 9.47 Å². The Morgan fingerprint density at radius 3 is 2.62 bits per heavy atom. The van der Waals surface area contributed by atoms with Gasteiger partial charge in [0.15, 0.2) is 18.1 Å². The summed E-state index contributed by atoms with van der Waals surface area (Å²) in [4.78, 5) is 26.9. The second kappa shape index (κ2) is 8.15. The number of ether oxygens (including phenoxy) is 3. The van der Waals surface area contributed by atoms with Gasteiger partial charge in [0.25, 0.3) is 5.91 Å².